The third-order valence-corrected chi connectivity index (χ3v) is 5.24. The van der Waals surface area contributed by atoms with Crippen molar-refractivity contribution in [1.82, 2.24) is 4.98 Å². The van der Waals surface area contributed by atoms with Crippen LogP contribution in [0.2, 0.25) is 0 Å². The van der Waals surface area contributed by atoms with E-state index in [-0.39, 0.29) is 18.9 Å². The van der Waals surface area contributed by atoms with Gasteiger partial charge in [0.25, 0.3) is 5.91 Å². The number of benzene rings is 2. The first-order chi connectivity index (χ1) is 13.4. The number of aromatic nitrogens is 1. The number of hydrogen-bond donors (Lipinski definition) is 1. The summed E-state index contributed by atoms with van der Waals surface area (Å²) in [6, 6.07) is 13.7. The highest BCUT2D eigenvalue weighted by Gasteiger charge is 2.12. The first-order valence-electron chi connectivity index (χ1n) is 8.95. The van der Waals surface area contributed by atoms with Gasteiger partial charge in [-0.25, -0.2) is 4.98 Å². The minimum atomic E-state index is -0.476. The Labute approximate surface area is 168 Å². The quantitative estimate of drug-likeness (QED) is 0.627. The fraction of sp³-hybridized carbons (Fsp3) is 0.227. The minimum absolute atomic E-state index is 0.0409. The lowest BCUT2D eigenvalue weighted by Crippen LogP contribution is -2.21. The van der Waals surface area contributed by atoms with Crippen LogP contribution in [0.5, 0.6) is 0 Å². The number of ether oxygens (including phenoxy) is 1. The zero-order chi connectivity index (χ0) is 20.1. The van der Waals surface area contributed by atoms with E-state index < -0.39 is 5.97 Å². The van der Waals surface area contributed by atoms with Crippen LogP contribution in [0.25, 0.3) is 10.6 Å². The number of anilines is 1. The summed E-state index contributed by atoms with van der Waals surface area (Å²) in [5.74, 6) is -0.841. The molecule has 0 aliphatic carbocycles. The number of thiazole rings is 1. The summed E-state index contributed by atoms with van der Waals surface area (Å²) in [5, 5.41) is 5.43. The molecule has 0 aliphatic rings. The van der Waals surface area contributed by atoms with Crippen molar-refractivity contribution in [2.24, 2.45) is 0 Å². The van der Waals surface area contributed by atoms with E-state index in [0.717, 1.165) is 27.3 Å². The Morgan fingerprint density at radius 3 is 2.64 bits per heavy atom. The monoisotopic (exact) mass is 394 g/mol. The maximum absolute atomic E-state index is 12.0. The highest BCUT2D eigenvalue weighted by atomic mass is 32.1. The first-order valence-corrected chi connectivity index (χ1v) is 9.83. The molecule has 0 fully saturated rings. The predicted molar refractivity (Wildman–Crippen MR) is 111 cm³/mol. The minimum Gasteiger partial charge on any atom is -0.455 e. The van der Waals surface area contributed by atoms with Crippen molar-refractivity contribution in [3.8, 4) is 10.6 Å². The number of nitrogens with zero attached hydrogens (tertiary/aromatic N) is 1. The van der Waals surface area contributed by atoms with Crippen LogP contribution < -0.4 is 5.32 Å². The highest BCUT2D eigenvalue weighted by molar-refractivity contribution is 7.13. The Morgan fingerprint density at radius 2 is 1.89 bits per heavy atom. The fourth-order valence-electron chi connectivity index (χ4n) is 2.66. The van der Waals surface area contributed by atoms with Gasteiger partial charge in [0.05, 0.1) is 12.1 Å². The van der Waals surface area contributed by atoms with Gasteiger partial charge in [-0.15, -0.1) is 11.3 Å². The lowest BCUT2D eigenvalue weighted by Gasteiger charge is -2.08. The average molecular weight is 394 g/mol. The second-order valence-electron chi connectivity index (χ2n) is 6.70. The summed E-state index contributed by atoms with van der Waals surface area (Å²) < 4.78 is 5.08. The molecule has 2 aromatic carbocycles. The van der Waals surface area contributed by atoms with Crippen LogP contribution in [0.15, 0.2) is 47.8 Å². The summed E-state index contributed by atoms with van der Waals surface area (Å²) in [5.41, 5.74) is 5.74. The van der Waals surface area contributed by atoms with E-state index in [1.807, 2.05) is 62.5 Å². The van der Waals surface area contributed by atoms with Gasteiger partial charge in [0, 0.05) is 16.6 Å². The van der Waals surface area contributed by atoms with Crippen LogP contribution in [0.3, 0.4) is 0 Å². The van der Waals surface area contributed by atoms with E-state index in [1.54, 1.807) is 0 Å². The Kier molecular flexibility index (Phi) is 6.21. The molecule has 144 valence electrons. The fourth-order valence-corrected chi connectivity index (χ4v) is 3.48. The first kappa shape index (κ1) is 19.8. The topological polar surface area (TPSA) is 68.3 Å². The molecule has 0 saturated carbocycles. The Bertz CT molecular complexity index is 1010. The van der Waals surface area contributed by atoms with Gasteiger partial charge >= 0.3 is 5.97 Å². The molecule has 5 nitrogen and oxygen atoms in total. The number of nitrogens with one attached hydrogen (secondary N) is 1. The smallest absolute Gasteiger partial charge is 0.312 e. The standard InChI is InChI=1S/C22H22N2O3S/c1-14-5-4-6-17(9-14)22-24-19(13-28-22)11-21(26)27-12-20(25)23-18-8-7-15(2)16(3)10-18/h4-10,13H,11-12H2,1-3H3,(H,23,25). The zero-order valence-electron chi connectivity index (χ0n) is 16.1. The molecule has 0 atom stereocenters. The van der Waals surface area contributed by atoms with Crippen molar-refractivity contribution >= 4 is 28.9 Å². The van der Waals surface area contributed by atoms with Gasteiger partial charge in [0.15, 0.2) is 6.61 Å². The van der Waals surface area contributed by atoms with E-state index in [2.05, 4.69) is 16.4 Å². The van der Waals surface area contributed by atoms with Crippen LogP contribution in [0.1, 0.15) is 22.4 Å². The van der Waals surface area contributed by atoms with E-state index in [0.29, 0.717) is 11.4 Å². The molecule has 28 heavy (non-hydrogen) atoms. The van der Waals surface area contributed by atoms with Crippen LogP contribution in [-0.4, -0.2) is 23.5 Å². The molecule has 1 N–H and O–H groups in total. The number of carbonyl (C=O) groups is 2. The van der Waals surface area contributed by atoms with Gasteiger partial charge in [-0.3, -0.25) is 9.59 Å². The molecule has 1 aromatic heterocycles. The SMILES string of the molecule is Cc1cccc(-c2nc(CC(=O)OCC(=O)Nc3ccc(C)c(C)c3)cs2)c1. The Hall–Kier alpha value is -2.99. The molecule has 0 unspecified atom stereocenters. The van der Waals surface area contributed by atoms with Gasteiger partial charge < -0.3 is 10.1 Å². The molecule has 0 radical (unpaired) electrons. The van der Waals surface area contributed by atoms with Crippen molar-refractivity contribution in [3.05, 3.63) is 70.2 Å². The van der Waals surface area contributed by atoms with Gasteiger partial charge in [-0.1, -0.05) is 29.8 Å². The van der Waals surface area contributed by atoms with Crippen molar-refractivity contribution in [2.75, 3.05) is 11.9 Å². The molecule has 0 aliphatic heterocycles. The number of amides is 1. The highest BCUT2D eigenvalue weighted by Crippen LogP contribution is 2.24. The van der Waals surface area contributed by atoms with E-state index in [1.165, 1.54) is 11.3 Å². The van der Waals surface area contributed by atoms with Crippen molar-refractivity contribution < 1.29 is 14.3 Å². The number of carbonyl (C=O) groups excluding carboxylic acids is 2. The Balaban J connectivity index is 1.50. The third kappa shape index (κ3) is 5.27. The van der Waals surface area contributed by atoms with Crippen molar-refractivity contribution in [2.45, 2.75) is 27.2 Å². The van der Waals surface area contributed by atoms with Crippen LogP contribution in [-0.2, 0) is 20.7 Å². The maximum Gasteiger partial charge on any atom is 0.312 e. The van der Waals surface area contributed by atoms with E-state index in [4.69, 9.17) is 4.74 Å². The van der Waals surface area contributed by atoms with E-state index in [9.17, 15) is 9.59 Å². The van der Waals surface area contributed by atoms with Crippen LogP contribution >= 0.6 is 11.3 Å². The lowest BCUT2D eigenvalue weighted by atomic mass is 10.1. The van der Waals surface area contributed by atoms with Crippen molar-refractivity contribution in [3.63, 3.8) is 0 Å². The number of hydrogen-bond acceptors (Lipinski definition) is 5. The third-order valence-electron chi connectivity index (χ3n) is 4.30. The molecule has 6 heteroatoms. The summed E-state index contributed by atoms with van der Waals surface area (Å²) >= 11 is 1.48. The molecule has 0 spiro atoms. The second kappa shape index (κ2) is 8.80. The summed E-state index contributed by atoms with van der Waals surface area (Å²) in [6.07, 6.45) is 0.0409. The normalized spacial score (nSPS) is 10.5. The lowest BCUT2D eigenvalue weighted by molar-refractivity contribution is -0.146. The number of aryl methyl sites for hydroxylation is 3. The molecule has 3 rings (SSSR count). The van der Waals surface area contributed by atoms with Gasteiger partial charge in [0.2, 0.25) is 0 Å². The second-order valence-corrected chi connectivity index (χ2v) is 7.56. The molecular weight excluding hydrogens is 372 g/mol. The largest absolute Gasteiger partial charge is 0.455 e. The van der Waals surface area contributed by atoms with Crippen LogP contribution in [0, 0.1) is 20.8 Å². The van der Waals surface area contributed by atoms with Gasteiger partial charge in [-0.05, 0) is 50.1 Å². The molecule has 0 saturated heterocycles. The molecule has 3 aromatic rings. The van der Waals surface area contributed by atoms with Crippen molar-refractivity contribution in [1.29, 1.82) is 0 Å². The zero-order valence-corrected chi connectivity index (χ0v) is 16.9. The number of esters is 1. The maximum atomic E-state index is 12.0. The summed E-state index contributed by atoms with van der Waals surface area (Å²) in [7, 11) is 0. The average Bonchev–Trinajstić information content (AvgIpc) is 3.11. The molecule has 1 heterocycles. The summed E-state index contributed by atoms with van der Waals surface area (Å²) in [4.78, 5) is 28.5. The molecular formula is C22H22N2O3S. The Morgan fingerprint density at radius 1 is 1.07 bits per heavy atom. The van der Waals surface area contributed by atoms with E-state index >= 15 is 0 Å². The summed E-state index contributed by atoms with van der Waals surface area (Å²) in [6.45, 7) is 5.69. The van der Waals surface area contributed by atoms with Gasteiger partial charge in [0.1, 0.15) is 5.01 Å². The predicted octanol–water partition coefficient (Wildman–Crippen LogP) is 4.46. The number of rotatable bonds is 6. The van der Waals surface area contributed by atoms with Gasteiger partial charge in [-0.2, -0.15) is 0 Å². The molecule has 1 amide bonds. The van der Waals surface area contributed by atoms with Crippen LogP contribution in [0.4, 0.5) is 5.69 Å². The molecule has 0 bridgehead atoms.